The second-order valence-corrected chi connectivity index (χ2v) is 3.61. The maximum absolute atomic E-state index is 13.6. The SMILES string of the molecule is CC(=O)c1cnn(-c2ccc(OC(N)=O)c(F)c2)n1. The summed E-state index contributed by atoms with van der Waals surface area (Å²) in [6, 6.07) is 3.69. The number of primary amides is 1. The Labute approximate surface area is 106 Å². The zero-order chi connectivity index (χ0) is 14.0. The number of ether oxygens (including phenoxy) is 1. The van der Waals surface area contributed by atoms with Crippen LogP contribution >= 0.6 is 0 Å². The number of nitrogens with zero attached hydrogens (tertiary/aromatic N) is 3. The van der Waals surface area contributed by atoms with Crippen molar-refractivity contribution in [2.45, 2.75) is 6.92 Å². The van der Waals surface area contributed by atoms with Gasteiger partial charge in [0, 0.05) is 13.0 Å². The minimum atomic E-state index is -1.11. The van der Waals surface area contributed by atoms with E-state index in [1.807, 2.05) is 0 Å². The van der Waals surface area contributed by atoms with E-state index in [1.54, 1.807) is 0 Å². The Balaban J connectivity index is 2.33. The number of hydrogen-bond acceptors (Lipinski definition) is 5. The molecule has 0 unspecified atom stereocenters. The topological polar surface area (TPSA) is 100 Å². The molecule has 1 aromatic carbocycles. The molecule has 8 heteroatoms. The minimum Gasteiger partial charge on any atom is -0.407 e. The molecule has 0 fully saturated rings. The van der Waals surface area contributed by atoms with E-state index in [0.29, 0.717) is 0 Å². The highest BCUT2D eigenvalue weighted by Gasteiger charge is 2.11. The van der Waals surface area contributed by atoms with E-state index in [1.165, 1.54) is 25.3 Å². The summed E-state index contributed by atoms with van der Waals surface area (Å²) < 4.78 is 18.0. The average Bonchev–Trinajstić information content (AvgIpc) is 2.80. The molecule has 98 valence electrons. The second kappa shape index (κ2) is 4.84. The first kappa shape index (κ1) is 12.7. The van der Waals surface area contributed by atoms with Crippen molar-refractivity contribution in [3.05, 3.63) is 35.9 Å². The predicted molar refractivity (Wildman–Crippen MR) is 61.5 cm³/mol. The molecule has 0 saturated heterocycles. The molecule has 7 nitrogen and oxygen atoms in total. The Morgan fingerprint density at radius 3 is 2.68 bits per heavy atom. The van der Waals surface area contributed by atoms with Gasteiger partial charge in [0.05, 0.1) is 11.9 Å². The van der Waals surface area contributed by atoms with Crippen LogP contribution in [0.15, 0.2) is 24.4 Å². The lowest BCUT2D eigenvalue weighted by Crippen LogP contribution is -2.17. The first-order chi connectivity index (χ1) is 8.97. The van der Waals surface area contributed by atoms with Crippen molar-refractivity contribution in [3.8, 4) is 11.4 Å². The van der Waals surface area contributed by atoms with Crippen LogP contribution < -0.4 is 10.5 Å². The summed E-state index contributed by atoms with van der Waals surface area (Å²) in [5.41, 5.74) is 5.23. The molecule has 2 N–H and O–H groups in total. The van der Waals surface area contributed by atoms with E-state index >= 15 is 0 Å². The minimum absolute atomic E-state index is 0.165. The lowest BCUT2D eigenvalue weighted by Gasteiger charge is -2.04. The van der Waals surface area contributed by atoms with Crippen molar-refractivity contribution >= 4 is 11.9 Å². The van der Waals surface area contributed by atoms with Gasteiger partial charge in [0.25, 0.3) is 0 Å². The van der Waals surface area contributed by atoms with Crippen molar-refractivity contribution in [1.82, 2.24) is 15.0 Å². The van der Waals surface area contributed by atoms with Crippen LogP contribution in [0, 0.1) is 5.82 Å². The number of halogens is 1. The summed E-state index contributed by atoms with van der Waals surface area (Å²) in [5, 5.41) is 7.69. The molecule has 0 atom stereocenters. The van der Waals surface area contributed by atoms with E-state index in [4.69, 9.17) is 5.73 Å². The largest absolute Gasteiger partial charge is 0.410 e. The van der Waals surface area contributed by atoms with Crippen LogP contribution in [-0.4, -0.2) is 26.9 Å². The van der Waals surface area contributed by atoms with Crippen LogP contribution in [-0.2, 0) is 0 Å². The molecule has 2 aromatic rings. The molecule has 0 saturated carbocycles. The number of benzene rings is 1. The Morgan fingerprint density at radius 1 is 1.42 bits per heavy atom. The third-order valence-corrected chi connectivity index (χ3v) is 2.21. The highest BCUT2D eigenvalue weighted by Crippen LogP contribution is 2.19. The normalized spacial score (nSPS) is 10.2. The quantitative estimate of drug-likeness (QED) is 0.835. The smallest absolute Gasteiger partial charge is 0.407 e. The molecule has 0 spiro atoms. The van der Waals surface area contributed by atoms with Gasteiger partial charge in [-0.3, -0.25) is 4.79 Å². The number of hydrogen-bond donors (Lipinski definition) is 1. The van der Waals surface area contributed by atoms with Crippen molar-refractivity contribution in [1.29, 1.82) is 0 Å². The third kappa shape index (κ3) is 2.73. The number of amides is 1. The number of nitrogens with two attached hydrogens (primary N) is 1. The molecule has 0 aliphatic carbocycles. The molecular weight excluding hydrogens is 255 g/mol. The summed E-state index contributed by atoms with van der Waals surface area (Å²) in [4.78, 5) is 22.7. The first-order valence-corrected chi connectivity index (χ1v) is 5.18. The maximum Gasteiger partial charge on any atom is 0.410 e. The highest BCUT2D eigenvalue weighted by molar-refractivity contribution is 5.91. The van der Waals surface area contributed by atoms with Gasteiger partial charge in [0.2, 0.25) is 0 Å². The monoisotopic (exact) mass is 264 g/mol. The van der Waals surface area contributed by atoms with Gasteiger partial charge in [-0.25, -0.2) is 9.18 Å². The van der Waals surface area contributed by atoms with E-state index in [2.05, 4.69) is 14.9 Å². The molecule has 19 heavy (non-hydrogen) atoms. The number of ketones is 1. The Bertz CT molecular complexity index is 653. The summed E-state index contributed by atoms with van der Waals surface area (Å²) in [6.07, 6.45) is 0.163. The Morgan fingerprint density at radius 2 is 2.16 bits per heavy atom. The molecule has 0 bridgehead atoms. The van der Waals surface area contributed by atoms with Crippen molar-refractivity contribution in [3.63, 3.8) is 0 Å². The fourth-order valence-corrected chi connectivity index (χ4v) is 1.35. The number of Topliss-reactive ketones (excluding diaryl/α,β-unsaturated/α-hetero) is 1. The third-order valence-electron chi connectivity index (χ3n) is 2.21. The average molecular weight is 264 g/mol. The Kier molecular flexibility index (Phi) is 3.23. The molecule has 0 aliphatic heterocycles. The van der Waals surface area contributed by atoms with Gasteiger partial charge in [-0.1, -0.05) is 0 Å². The van der Waals surface area contributed by atoms with Crippen LogP contribution in [0.5, 0.6) is 5.75 Å². The standard InChI is InChI=1S/C11H9FN4O3/c1-6(17)9-5-14-16(15-9)7-2-3-10(8(12)4-7)19-11(13)18/h2-5H,1H3,(H2,13,18). The van der Waals surface area contributed by atoms with Crippen LogP contribution in [0.25, 0.3) is 5.69 Å². The molecule has 0 radical (unpaired) electrons. The number of carbonyl (C=O) groups excluding carboxylic acids is 2. The fourth-order valence-electron chi connectivity index (χ4n) is 1.35. The molecule has 1 heterocycles. The van der Waals surface area contributed by atoms with Crippen LogP contribution in [0.1, 0.15) is 17.4 Å². The lowest BCUT2D eigenvalue weighted by molar-refractivity contribution is 0.101. The second-order valence-electron chi connectivity index (χ2n) is 3.61. The van der Waals surface area contributed by atoms with E-state index in [-0.39, 0.29) is 22.9 Å². The predicted octanol–water partition coefficient (Wildman–Crippen LogP) is 1.07. The summed E-state index contributed by atoms with van der Waals surface area (Å²) in [6.45, 7) is 1.35. The zero-order valence-electron chi connectivity index (χ0n) is 9.83. The summed E-state index contributed by atoms with van der Waals surface area (Å²) in [7, 11) is 0. The zero-order valence-corrected chi connectivity index (χ0v) is 9.83. The molecule has 0 aliphatic rings. The van der Waals surface area contributed by atoms with Gasteiger partial charge in [0.1, 0.15) is 5.69 Å². The van der Waals surface area contributed by atoms with Gasteiger partial charge in [-0.05, 0) is 12.1 Å². The summed E-state index contributed by atoms with van der Waals surface area (Å²) in [5.74, 6) is -1.34. The number of rotatable bonds is 3. The van der Waals surface area contributed by atoms with Gasteiger partial charge in [-0.15, -0.1) is 5.10 Å². The summed E-state index contributed by atoms with van der Waals surface area (Å²) >= 11 is 0. The molecular formula is C11H9FN4O3. The number of aromatic nitrogens is 3. The van der Waals surface area contributed by atoms with Crippen molar-refractivity contribution in [2.24, 2.45) is 5.73 Å². The lowest BCUT2D eigenvalue weighted by atomic mass is 10.3. The fraction of sp³-hybridized carbons (Fsp3) is 0.0909. The van der Waals surface area contributed by atoms with Crippen LogP contribution in [0.3, 0.4) is 0 Å². The maximum atomic E-state index is 13.6. The van der Waals surface area contributed by atoms with E-state index in [9.17, 15) is 14.0 Å². The molecule has 2 rings (SSSR count). The van der Waals surface area contributed by atoms with Crippen molar-refractivity contribution < 1.29 is 18.7 Å². The number of carbonyl (C=O) groups is 2. The Hall–Kier alpha value is -2.77. The first-order valence-electron chi connectivity index (χ1n) is 5.18. The molecule has 1 aromatic heterocycles. The van der Waals surface area contributed by atoms with E-state index < -0.39 is 11.9 Å². The van der Waals surface area contributed by atoms with Gasteiger partial charge in [-0.2, -0.15) is 9.90 Å². The van der Waals surface area contributed by atoms with Crippen molar-refractivity contribution in [2.75, 3.05) is 0 Å². The molecule has 1 amide bonds. The van der Waals surface area contributed by atoms with Crippen LogP contribution in [0.4, 0.5) is 9.18 Å². The highest BCUT2D eigenvalue weighted by atomic mass is 19.1. The van der Waals surface area contributed by atoms with Gasteiger partial charge in [0.15, 0.2) is 17.3 Å². The van der Waals surface area contributed by atoms with E-state index in [0.717, 1.165) is 10.9 Å². The van der Waals surface area contributed by atoms with Gasteiger partial charge >= 0.3 is 6.09 Å². The van der Waals surface area contributed by atoms with Crippen LogP contribution in [0.2, 0.25) is 0 Å². The van der Waals surface area contributed by atoms with Gasteiger partial charge < -0.3 is 10.5 Å².